The molecule has 0 spiro atoms. The van der Waals surface area contributed by atoms with E-state index in [1.807, 2.05) is 13.0 Å². The molecule has 0 aliphatic rings. The van der Waals surface area contributed by atoms with Crippen LogP contribution < -0.4 is 10.5 Å². The zero-order valence-corrected chi connectivity index (χ0v) is 8.24. The van der Waals surface area contributed by atoms with E-state index >= 15 is 0 Å². The molecule has 0 saturated heterocycles. The first-order chi connectivity index (χ1) is 6.63. The molecule has 0 aliphatic heterocycles. The van der Waals surface area contributed by atoms with Crippen LogP contribution in [0.2, 0.25) is 0 Å². The van der Waals surface area contributed by atoms with E-state index in [2.05, 4.69) is 4.74 Å². The maximum Gasteiger partial charge on any atom is 0.343 e. The normalized spacial score (nSPS) is 9.57. The Balaban J connectivity index is 2.66. The highest BCUT2D eigenvalue weighted by molar-refractivity contribution is 5.71. The minimum absolute atomic E-state index is 0.121. The summed E-state index contributed by atoms with van der Waals surface area (Å²) in [6, 6.07) is 5.39. The number of ether oxygens (including phenoxy) is 2. The number of hydrogen-bond acceptors (Lipinski definition) is 4. The molecule has 0 saturated carbocycles. The lowest BCUT2D eigenvalue weighted by Gasteiger charge is -2.07. The van der Waals surface area contributed by atoms with Gasteiger partial charge < -0.3 is 15.2 Å². The molecule has 0 unspecified atom stereocenters. The first-order valence-electron chi connectivity index (χ1n) is 4.19. The lowest BCUT2D eigenvalue weighted by Crippen LogP contribution is -2.13. The van der Waals surface area contributed by atoms with Crippen LogP contribution in [0, 0.1) is 6.92 Å². The molecule has 4 nitrogen and oxygen atoms in total. The monoisotopic (exact) mass is 195 g/mol. The highest BCUT2D eigenvalue weighted by Gasteiger charge is 2.04. The zero-order valence-electron chi connectivity index (χ0n) is 8.24. The van der Waals surface area contributed by atoms with Gasteiger partial charge in [0.1, 0.15) is 5.75 Å². The molecule has 0 aromatic heterocycles. The van der Waals surface area contributed by atoms with E-state index in [0.717, 1.165) is 5.56 Å². The Kier molecular flexibility index (Phi) is 3.34. The molecule has 0 amide bonds. The van der Waals surface area contributed by atoms with Crippen molar-refractivity contribution in [1.82, 2.24) is 0 Å². The van der Waals surface area contributed by atoms with Gasteiger partial charge in [-0.05, 0) is 24.6 Å². The first-order valence-corrected chi connectivity index (χ1v) is 4.19. The maximum atomic E-state index is 10.8. The van der Waals surface area contributed by atoms with Crippen molar-refractivity contribution in [3.8, 4) is 5.75 Å². The summed E-state index contributed by atoms with van der Waals surface area (Å²) in [4.78, 5) is 10.8. The number of methoxy groups -OCH3 is 1. The van der Waals surface area contributed by atoms with Crippen LogP contribution in [0.3, 0.4) is 0 Å². The predicted molar refractivity (Wildman–Crippen MR) is 53.1 cm³/mol. The van der Waals surface area contributed by atoms with Gasteiger partial charge in [-0.2, -0.15) is 0 Å². The quantitative estimate of drug-likeness (QED) is 0.580. The van der Waals surface area contributed by atoms with Crippen LogP contribution in [0.25, 0.3) is 0 Å². The van der Waals surface area contributed by atoms with Gasteiger partial charge in [-0.3, -0.25) is 0 Å². The highest BCUT2D eigenvalue weighted by atomic mass is 16.6. The van der Waals surface area contributed by atoms with Crippen LogP contribution in [0.15, 0.2) is 18.2 Å². The molecule has 0 radical (unpaired) electrons. The second-order valence-corrected chi connectivity index (χ2v) is 2.91. The van der Waals surface area contributed by atoms with Crippen molar-refractivity contribution in [2.24, 2.45) is 0 Å². The van der Waals surface area contributed by atoms with Crippen molar-refractivity contribution in [3.63, 3.8) is 0 Å². The number of esters is 1. The molecular weight excluding hydrogens is 182 g/mol. The second kappa shape index (κ2) is 4.50. The molecular formula is C10H13NO3. The van der Waals surface area contributed by atoms with Crippen LogP contribution in [-0.2, 0) is 9.53 Å². The van der Waals surface area contributed by atoms with Gasteiger partial charge in [0.25, 0.3) is 0 Å². The van der Waals surface area contributed by atoms with Crippen LogP contribution in [-0.4, -0.2) is 19.7 Å². The lowest BCUT2D eigenvalue weighted by molar-refractivity contribution is -0.142. The second-order valence-electron chi connectivity index (χ2n) is 2.91. The van der Waals surface area contributed by atoms with Crippen molar-refractivity contribution in [2.45, 2.75) is 6.92 Å². The van der Waals surface area contributed by atoms with Crippen molar-refractivity contribution in [2.75, 3.05) is 19.5 Å². The molecule has 0 atom stereocenters. The van der Waals surface area contributed by atoms with Gasteiger partial charge in [-0.15, -0.1) is 0 Å². The fourth-order valence-electron chi connectivity index (χ4n) is 0.962. The van der Waals surface area contributed by atoms with Crippen LogP contribution in [0.1, 0.15) is 5.56 Å². The summed E-state index contributed by atoms with van der Waals surface area (Å²) < 4.78 is 9.61. The number of rotatable bonds is 3. The highest BCUT2D eigenvalue weighted by Crippen LogP contribution is 2.22. The zero-order chi connectivity index (χ0) is 10.6. The van der Waals surface area contributed by atoms with E-state index < -0.39 is 5.97 Å². The molecule has 14 heavy (non-hydrogen) atoms. The fourth-order valence-corrected chi connectivity index (χ4v) is 0.962. The molecule has 76 valence electrons. The molecule has 0 aliphatic carbocycles. The summed E-state index contributed by atoms with van der Waals surface area (Å²) in [5, 5.41) is 0. The molecule has 0 fully saturated rings. The third-order valence-electron chi connectivity index (χ3n) is 1.74. The Hall–Kier alpha value is -1.71. The van der Waals surface area contributed by atoms with Crippen LogP contribution in [0.5, 0.6) is 5.75 Å². The SMILES string of the molecule is COC(=O)COc1cc(C)ccc1N. The van der Waals surface area contributed by atoms with E-state index in [0.29, 0.717) is 11.4 Å². The Morgan fingerprint density at radius 1 is 1.50 bits per heavy atom. The van der Waals surface area contributed by atoms with E-state index in [1.165, 1.54) is 7.11 Å². The number of carbonyl (C=O) groups is 1. The minimum Gasteiger partial charge on any atom is -0.480 e. The summed E-state index contributed by atoms with van der Waals surface area (Å²) in [7, 11) is 1.31. The van der Waals surface area contributed by atoms with E-state index in [1.54, 1.807) is 12.1 Å². The minimum atomic E-state index is -0.425. The van der Waals surface area contributed by atoms with E-state index in [9.17, 15) is 4.79 Å². The molecule has 1 rings (SSSR count). The van der Waals surface area contributed by atoms with Crippen molar-refractivity contribution < 1.29 is 14.3 Å². The van der Waals surface area contributed by atoms with Gasteiger partial charge in [0.2, 0.25) is 0 Å². The molecule has 1 aromatic carbocycles. The Labute approximate surface area is 82.6 Å². The number of hydrogen-bond donors (Lipinski definition) is 1. The van der Waals surface area contributed by atoms with Gasteiger partial charge in [0.15, 0.2) is 6.61 Å². The average Bonchev–Trinajstić information content (AvgIpc) is 2.19. The summed E-state index contributed by atoms with van der Waals surface area (Å²) in [5.74, 6) is 0.0845. The van der Waals surface area contributed by atoms with Crippen molar-refractivity contribution in [3.05, 3.63) is 23.8 Å². The summed E-state index contributed by atoms with van der Waals surface area (Å²) in [5.41, 5.74) is 7.18. The molecule has 2 N–H and O–H groups in total. The summed E-state index contributed by atoms with van der Waals surface area (Å²) in [6.07, 6.45) is 0. The molecule has 1 aromatic rings. The number of carbonyl (C=O) groups excluding carboxylic acids is 1. The number of aryl methyl sites for hydroxylation is 1. The average molecular weight is 195 g/mol. The van der Waals surface area contributed by atoms with Crippen LogP contribution >= 0.6 is 0 Å². The first kappa shape index (κ1) is 10.4. The number of anilines is 1. The summed E-state index contributed by atoms with van der Waals surface area (Å²) >= 11 is 0. The van der Waals surface area contributed by atoms with Crippen molar-refractivity contribution >= 4 is 11.7 Å². The number of nitrogen functional groups attached to an aromatic ring is 1. The third-order valence-corrected chi connectivity index (χ3v) is 1.74. The van der Waals surface area contributed by atoms with Gasteiger partial charge in [0.05, 0.1) is 12.8 Å². The van der Waals surface area contributed by atoms with Gasteiger partial charge in [-0.1, -0.05) is 6.07 Å². The molecule has 0 heterocycles. The van der Waals surface area contributed by atoms with E-state index in [-0.39, 0.29) is 6.61 Å². The van der Waals surface area contributed by atoms with Gasteiger partial charge >= 0.3 is 5.97 Å². The fraction of sp³-hybridized carbons (Fsp3) is 0.300. The maximum absolute atomic E-state index is 10.8. The number of nitrogens with two attached hydrogens (primary N) is 1. The smallest absolute Gasteiger partial charge is 0.343 e. The largest absolute Gasteiger partial charge is 0.480 e. The Bertz CT molecular complexity index is 336. The number of benzene rings is 1. The van der Waals surface area contributed by atoms with Crippen LogP contribution in [0.4, 0.5) is 5.69 Å². The van der Waals surface area contributed by atoms with Gasteiger partial charge in [-0.25, -0.2) is 4.79 Å². The third kappa shape index (κ3) is 2.65. The Morgan fingerprint density at radius 3 is 2.86 bits per heavy atom. The summed E-state index contributed by atoms with van der Waals surface area (Å²) in [6.45, 7) is 1.80. The molecule has 0 bridgehead atoms. The van der Waals surface area contributed by atoms with Gasteiger partial charge in [0, 0.05) is 0 Å². The predicted octanol–water partition coefficient (Wildman–Crippen LogP) is 1.13. The molecule has 4 heteroatoms. The topological polar surface area (TPSA) is 61.5 Å². The standard InChI is InChI=1S/C10H13NO3/c1-7-3-4-8(11)9(5-7)14-6-10(12)13-2/h3-5H,6,11H2,1-2H3. The lowest BCUT2D eigenvalue weighted by atomic mass is 10.2. The van der Waals surface area contributed by atoms with E-state index in [4.69, 9.17) is 10.5 Å². The van der Waals surface area contributed by atoms with Crippen molar-refractivity contribution in [1.29, 1.82) is 0 Å². The Morgan fingerprint density at radius 2 is 2.21 bits per heavy atom.